The van der Waals surface area contributed by atoms with Crippen molar-refractivity contribution in [1.82, 2.24) is 0 Å². The maximum Gasteiger partial charge on any atom is 0.118 e. The summed E-state index contributed by atoms with van der Waals surface area (Å²) in [5, 5.41) is 9.05. The molecule has 1 saturated carbocycles. The van der Waals surface area contributed by atoms with Crippen LogP contribution in [0.5, 0.6) is 0 Å². The Labute approximate surface area is 122 Å². The van der Waals surface area contributed by atoms with E-state index in [0.717, 1.165) is 6.42 Å². The van der Waals surface area contributed by atoms with E-state index in [0.29, 0.717) is 11.8 Å². The Morgan fingerprint density at radius 3 is 2.71 bits per heavy atom. The number of rotatable bonds is 1. The molecule has 0 aromatic rings. The minimum atomic E-state index is -0.147. The maximum atomic E-state index is 9.05. The van der Waals surface area contributed by atoms with Gasteiger partial charge >= 0.3 is 0 Å². The van der Waals surface area contributed by atoms with Crippen LogP contribution in [0.2, 0.25) is 0 Å². The van der Waals surface area contributed by atoms with Gasteiger partial charge in [0.15, 0.2) is 0 Å². The molecule has 3 heteroatoms. The molecule has 1 spiro atoms. The zero-order valence-corrected chi connectivity index (χ0v) is 13.7. The molecule has 77 valence electrons. The molecule has 0 bridgehead atoms. The van der Waals surface area contributed by atoms with Crippen molar-refractivity contribution in [3.05, 3.63) is 12.2 Å². The van der Waals surface area contributed by atoms with Crippen LogP contribution < -0.4 is 0 Å². The molecule has 4 unspecified atom stereocenters. The van der Waals surface area contributed by atoms with E-state index in [9.17, 15) is 0 Å². The summed E-state index contributed by atoms with van der Waals surface area (Å²) in [6.45, 7) is 8.70. The first kappa shape index (κ1) is 13.2. The Balaban J connectivity index is 0.000000980. The molecule has 1 N–H and O–H groups in total. The van der Waals surface area contributed by atoms with Gasteiger partial charge in [0.05, 0.1) is 6.61 Å². The van der Waals surface area contributed by atoms with E-state index >= 15 is 0 Å². The van der Waals surface area contributed by atoms with E-state index < -0.39 is 0 Å². The van der Waals surface area contributed by atoms with Crippen LogP contribution in [0, 0.1) is 55.9 Å². The Kier molecular flexibility index (Phi) is 4.27. The largest absolute Gasteiger partial charge is 0.394 e. The monoisotopic (exact) mass is 409 g/mol. The van der Waals surface area contributed by atoms with E-state index in [1.165, 1.54) is 12.0 Å². The molecular weight excluding hydrogens is 391 g/mol. The summed E-state index contributed by atoms with van der Waals surface area (Å²) in [6.07, 6.45) is 2.29. The molecule has 14 heavy (non-hydrogen) atoms. The van der Waals surface area contributed by atoms with Crippen LogP contribution in [0.4, 0.5) is 0 Å². The van der Waals surface area contributed by atoms with Crippen molar-refractivity contribution in [3.63, 3.8) is 0 Å². The summed E-state index contributed by atoms with van der Waals surface area (Å²) in [7, 11) is 0. The Morgan fingerprint density at radius 2 is 2.21 bits per heavy atom. The molecule has 2 rings (SSSR count). The van der Waals surface area contributed by atoms with E-state index in [1.54, 1.807) is 0 Å². The summed E-state index contributed by atoms with van der Waals surface area (Å²) in [5.74, 6) is 1.23. The average Bonchev–Trinajstić information content (AvgIpc) is 2.75. The molecule has 4 atom stereocenters. The Morgan fingerprint density at radius 1 is 1.57 bits per heavy atom. The van der Waals surface area contributed by atoms with Gasteiger partial charge in [0, 0.05) is 44.1 Å². The first-order valence-electron chi connectivity index (χ1n) is 5.08. The fourth-order valence-corrected chi connectivity index (χ4v) is 2.76. The van der Waals surface area contributed by atoms with Crippen LogP contribution >= 0.6 is 0 Å². The number of aliphatic hydroxyl groups is 1. The van der Waals surface area contributed by atoms with E-state index in [2.05, 4.69) is 20.4 Å². The van der Waals surface area contributed by atoms with Crippen LogP contribution in [0.3, 0.4) is 0 Å². The number of ether oxygens (including phenoxy) is 1. The molecule has 1 radical (unpaired) electrons. The minimum Gasteiger partial charge on any atom is -0.394 e. The van der Waals surface area contributed by atoms with E-state index in [-0.39, 0.29) is 62.4 Å². The third-order valence-corrected chi connectivity index (χ3v) is 3.53. The van der Waals surface area contributed by atoms with Gasteiger partial charge in [0.1, 0.15) is 11.7 Å². The topological polar surface area (TPSA) is 32.8 Å². The Hall–Kier alpha value is 1.10. The van der Waals surface area contributed by atoms with E-state index in [1.807, 2.05) is 0 Å². The normalized spacial score (nSPS) is 46.2. The zero-order valence-electron chi connectivity index (χ0n) is 8.99. The van der Waals surface area contributed by atoms with Crippen LogP contribution in [-0.2, 0) is 4.74 Å². The van der Waals surface area contributed by atoms with Crippen LogP contribution in [0.15, 0.2) is 12.2 Å². The second-order valence-corrected chi connectivity index (χ2v) is 4.65. The molecular formula is C11H18AcO2. The van der Waals surface area contributed by atoms with Crippen molar-refractivity contribution in [1.29, 1.82) is 0 Å². The van der Waals surface area contributed by atoms with Gasteiger partial charge in [-0.2, -0.15) is 0 Å². The van der Waals surface area contributed by atoms with Crippen molar-refractivity contribution in [3.8, 4) is 0 Å². The summed E-state index contributed by atoms with van der Waals surface area (Å²) < 4.78 is 5.60. The average molecular weight is 409 g/mol. The second-order valence-electron chi connectivity index (χ2n) is 4.65. The third-order valence-electron chi connectivity index (χ3n) is 3.53. The van der Waals surface area contributed by atoms with E-state index in [4.69, 9.17) is 9.84 Å². The van der Waals surface area contributed by atoms with Gasteiger partial charge in [-0.25, -0.2) is 0 Å². The zero-order chi connectivity index (χ0) is 9.64. The van der Waals surface area contributed by atoms with Crippen LogP contribution in [-0.4, -0.2) is 23.4 Å². The fourth-order valence-electron chi connectivity index (χ4n) is 2.76. The quantitative estimate of drug-likeness (QED) is 0.529. The van der Waals surface area contributed by atoms with Gasteiger partial charge in [0.25, 0.3) is 0 Å². The predicted octanol–water partition coefficient (Wildman–Crippen LogP) is 1.74. The van der Waals surface area contributed by atoms with Crippen molar-refractivity contribution >= 4 is 0 Å². The smallest absolute Gasteiger partial charge is 0.118 e. The number of hydrogen-bond donors (Lipinski definition) is 1. The Bertz CT molecular complexity index is 241. The van der Waals surface area contributed by atoms with Crippen molar-refractivity contribution in [2.24, 2.45) is 11.8 Å². The molecule has 2 nitrogen and oxygen atoms in total. The minimum absolute atomic E-state index is 0. The van der Waals surface area contributed by atoms with Crippen LogP contribution in [0.1, 0.15) is 26.7 Å². The molecule has 2 aliphatic rings. The molecule has 0 aromatic heterocycles. The predicted molar refractivity (Wildman–Crippen MR) is 51.4 cm³/mol. The third kappa shape index (κ3) is 1.98. The fraction of sp³-hybridized carbons (Fsp3) is 0.818. The maximum absolute atomic E-state index is 9.05. The van der Waals surface area contributed by atoms with Gasteiger partial charge < -0.3 is 9.84 Å². The summed E-state index contributed by atoms with van der Waals surface area (Å²) >= 11 is 0. The van der Waals surface area contributed by atoms with Gasteiger partial charge in [-0.05, 0) is 30.3 Å². The number of aliphatic hydroxyl groups excluding tert-OH is 1. The number of hydrogen-bond acceptors (Lipinski definition) is 2. The first-order chi connectivity index (χ1) is 6.10. The van der Waals surface area contributed by atoms with Gasteiger partial charge in [0.2, 0.25) is 0 Å². The molecule has 0 amide bonds. The number of epoxide rings is 1. The molecule has 1 aliphatic carbocycles. The summed E-state index contributed by atoms with van der Waals surface area (Å²) in [5.41, 5.74) is 1.05. The SMILES string of the molecule is C=C1C(C)CC(C)CC12OC2CO.[Ac]. The van der Waals surface area contributed by atoms with Crippen molar-refractivity contribution in [2.75, 3.05) is 6.61 Å². The molecule has 0 aromatic carbocycles. The van der Waals surface area contributed by atoms with Gasteiger partial charge in [-0.15, -0.1) is 0 Å². The summed E-state index contributed by atoms with van der Waals surface area (Å²) in [4.78, 5) is 0. The van der Waals surface area contributed by atoms with Gasteiger partial charge in [-0.3, -0.25) is 0 Å². The molecule has 2 fully saturated rings. The van der Waals surface area contributed by atoms with Gasteiger partial charge in [-0.1, -0.05) is 20.4 Å². The second kappa shape index (κ2) is 4.54. The molecule has 1 saturated heterocycles. The molecule has 1 heterocycles. The van der Waals surface area contributed by atoms with Crippen molar-refractivity contribution in [2.45, 2.75) is 38.4 Å². The standard InChI is InChI=1S/C11H18O2.Ac/c1-7-4-8(2)9(3)11(5-7)10(6-12)13-11;/h7-8,10,12H,3-6H2,1-2H3;. The summed E-state index contributed by atoms with van der Waals surface area (Å²) in [6, 6.07) is 0. The van der Waals surface area contributed by atoms with Crippen LogP contribution in [0.25, 0.3) is 0 Å². The van der Waals surface area contributed by atoms with Crippen molar-refractivity contribution < 1.29 is 53.9 Å². The molecule has 1 aliphatic heterocycles. The first-order valence-corrected chi connectivity index (χ1v) is 5.08.